The number of carbonyl (C=O) groups is 1. The van der Waals surface area contributed by atoms with E-state index in [9.17, 15) is 4.79 Å². The van der Waals surface area contributed by atoms with Gasteiger partial charge in [0, 0.05) is 28.8 Å². The predicted octanol–water partition coefficient (Wildman–Crippen LogP) is 12.9. The molecule has 49 heavy (non-hydrogen) atoms. The molecule has 5 rings (SSSR count). The maximum atomic E-state index is 13.2. The van der Waals surface area contributed by atoms with Gasteiger partial charge in [-0.2, -0.15) is 0 Å². The molecule has 3 aromatic rings. The molecule has 2 heterocycles. The lowest BCUT2D eigenvalue weighted by molar-refractivity contribution is 0.0224. The molecule has 1 spiro atoms. The fourth-order valence-corrected chi connectivity index (χ4v) is 7.38. The Morgan fingerprint density at radius 2 is 0.939 bits per heavy atom. The van der Waals surface area contributed by atoms with Gasteiger partial charge >= 0.3 is 5.97 Å². The summed E-state index contributed by atoms with van der Waals surface area (Å²) in [5, 5.41) is 0. The Morgan fingerprint density at radius 3 is 1.41 bits per heavy atom. The molecule has 0 unspecified atom stereocenters. The second-order valence-corrected chi connectivity index (χ2v) is 14.1. The third-order valence-corrected chi connectivity index (χ3v) is 10.2. The van der Waals surface area contributed by atoms with Gasteiger partial charge in [-0.25, -0.2) is 4.79 Å². The molecule has 0 radical (unpaired) electrons. The Balaban J connectivity index is 1.18. The monoisotopic (exact) mass is 668 g/mol. The number of rotatable bonds is 24. The third-order valence-electron chi connectivity index (χ3n) is 10.2. The summed E-state index contributed by atoms with van der Waals surface area (Å²) in [7, 11) is 0. The first-order chi connectivity index (χ1) is 24.2. The summed E-state index contributed by atoms with van der Waals surface area (Å²) in [5.41, 5.74) is 1.96. The summed E-state index contributed by atoms with van der Waals surface area (Å²) in [6.45, 7) is 5.88. The average Bonchev–Trinajstić information content (AvgIpc) is 3.41. The van der Waals surface area contributed by atoms with Crippen LogP contribution < -0.4 is 14.2 Å². The minimum Gasteiger partial charge on any atom is -0.493 e. The maximum absolute atomic E-state index is 13.2. The van der Waals surface area contributed by atoms with E-state index in [0.717, 1.165) is 41.0 Å². The molecule has 5 nitrogen and oxygen atoms in total. The molecule has 0 amide bonds. The summed E-state index contributed by atoms with van der Waals surface area (Å²) in [5.74, 6) is 2.49. The van der Waals surface area contributed by atoms with E-state index in [-0.39, 0.29) is 5.97 Å². The van der Waals surface area contributed by atoms with Crippen LogP contribution in [-0.4, -0.2) is 19.2 Å². The Bertz CT molecular complexity index is 1370. The number of benzene rings is 3. The maximum Gasteiger partial charge on any atom is 0.340 e. The van der Waals surface area contributed by atoms with Gasteiger partial charge in [-0.15, -0.1) is 0 Å². The van der Waals surface area contributed by atoms with Crippen LogP contribution in [0.4, 0.5) is 0 Å². The summed E-state index contributed by atoms with van der Waals surface area (Å²) in [4.78, 5) is 13.2. The van der Waals surface area contributed by atoms with Crippen LogP contribution in [0.15, 0.2) is 60.7 Å². The van der Waals surface area contributed by atoms with E-state index < -0.39 is 5.60 Å². The molecule has 0 saturated heterocycles. The van der Waals surface area contributed by atoms with Crippen molar-refractivity contribution >= 4 is 5.97 Å². The zero-order valence-corrected chi connectivity index (χ0v) is 30.4. The van der Waals surface area contributed by atoms with Crippen LogP contribution in [0.2, 0.25) is 0 Å². The van der Waals surface area contributed by atoms with Crippen LogP contribution in [0.3, 0.4) is 0 Å². The zero-order valence-electron chi connectivity index (χ0n) is 30.4. The highest BCUT2D eigenvalue weighted by molar-refractivity contribution is 5.97. The van der Waals surface area contributed by atoms with E-state index in [2.05, 4.69) is 13.8 Å². The number of fused-ring (bicyclic) bond motifs is 6. The van der Waals surface area contributed by atoms with Crippen molar-refractivity contribution in [2.75, 3.05) is 13.2 Å². The lowest BCUT2D eigenvalue weighted by Crippen LogP contribution is -2.33. The van der Waals surface area contributed by atoms with Gasteiger partial charge in [-0.1, -0.05) is 148 Å². The molecule has 0 aliphatic carbocycles. The highest BCUT2D eigenvalue weighted by Gasteiger charge is 2.53. The van der Waals surface area contributed by atoms with Gasteiger partial charge < -0.3 is 18.9 Å². The van der Waals surface area contributed by atoms with Crippen molar-refractivity contribution in [3.8, 4) is 23.0 Å². The molecule has 2 aliphatic rings. The molecule has 0 bridgehead atoms. The van der Waals surface area contributed by atoms with Crippen molar-refractivity contribution in [3.63, 3.8) is 0 Å². The third kappa shape index (κ3) is 9.83. The highest BCUT2D eigenvalue weighted by Crippen LogP contribution is 2.57. The topological polar surface area (TPSA) is 54.0 Å². The summed E-state index contributed by atoms with van der Waals surface area (Å²) in [6, 6.07) is 19.5. The van der Waals surface area contributed by atoms with Crippen LogP contribution in [0.1, 0.15) is 169 Å². The van der Waals surface area contributed by atoms with Crippen molar-refractivity contribution < 1.29 is 23.7 Å². The molecular formula is C44H60O5. The summed E-state index contributed by atoms with van der Waals surface area (Å²) >= 11 is 0. The summed E-state index contributed by atoms with van der Waals surface area (Å²) < 4.78 is 25.3. The van der Waals surface area contributed by atoms with Crippen molar-refractivity contribution in [2.24, 2.45) is 0 Å². The van der Waals surface area contributed by atoms with E-state index in [0.29, 0.717) is 30.3 Å². The Kier molecular flexibility index (Phi) is 14.8. The number of hydrogen-bond acceptors (Lipinski definition) is 5. The predicted molar refractivity (Wildman–Crippen MR) is 199 cm³/mol. The average molecular weight is 669 g/mol. The first-order valence-electron chi connectivity index (χ1n) is 19.7. The van der Waals surface area contributed by atoms with Gasteiger partial charge in [0.1, 0.15) is 23.0 Å². The van der Waals surface area contributed by atoms with E-state index in [1.807, 2.05) is 60.7 Å². The fourth-order valence-electron chi connectivity index (χ4n) is 7.38. The van der Waals surface area contributed by atoms with Crippen molar-refractivity contribution in [3.05, 3.63) is 82.9 Å². The molecule has 0 N–H and O–H groups in total. The number of unbranched alkanes of at least 4 members (excludes halogenated alkanes) is 18. The highest BCUT2D eigenvalue weighted by atomic mass is 16.6. The lowest BCUT2D eigenvalue weighted by atomic mass is 9.77. The second-order valence-electron chi connectivity index (χ2n) is 14.1. The number of carbonyl (C=O) groups excluding carboxylic acids is 1. The first kappa shape index (κ1) is 36.8. The van der Waals surface area contributed by atoms with Gasteiger partial charge in [-0.05, 0) is 43.2 Å². The normalized spacial score (nSPS) is 13.8. The largest absolute Gasteiger partial charge is 0.493 e. The standard InChI is InChI=1S/C44H60O5/c1-3-5-7-9-11-13-15-17-19-23-31-46-35-27-29-39-41(33-35)48-42-34-36(47-32-24-20-18-16-14-12-10-8-6-4-2)28-30-40(42)44(39)38-26-22-21-25-37(38)43(45)49-44/h21-22,25-30,33-34H,3-20,23-24,31-32H2,1-2H3. The summed E-state index contributed by atoms with van der Waals surface area (Å²) in [6.07, 6.45) is 25.9. The van der Waals surface area contributed by atoms with E-state index in [4.69, 9.17) is 18.9 Å². The van der Waals surface area contributed by atoms with E-state index in [1.165, 1.54) is 116 Å². The van der Waals surface area contributed by atoms with Crippen LogP contribution >= 0.6 is 0 Å². The van der Waals surface area contributed by atoms with Gasteiger partial charge in [0.15, 0.2) is 5.60 Å². The number of esters is 1. The Morgan fingerprint density at radius 1 is 0.510 bits per heavy atom. The molecular weight excluding hydrogens is 608 g/mol. The minimum atomic E-state index is -1.08. The zero-order chi connectivity index (χ0) is 34.2. The number of ether oxygens (including phenoxy) is 4. The van der Waals surface area contributed by atoms with Gasteiger partial charge in [-0.3, -0.25) is 0 Å². The molecule has 0 atom stereocenters. The molecule has 266 valence electrons. The van der Waals surface area contributed by atoms with E-state index in [1.54, 1.807) is 0 Å². The fraction of sp³-hybridized carbons (Fsp3) is 0.568. The van der Waals surface area contributed by atoms with Gasteiger partial charge in [0.25, 0.3) is 0 Å². The quantitative estimate of drug-likeness (QED) is 0.0702. The van der Waals surface area contributed by atoms with Crippen molar-refractivity contribution in [1.29, 1.82) is 0 Å². The van der Waals surface area contributed by atoms with Gasteiger partial charge in [0.05, 0.1) is 18.8 Å². The smallest absolute Gasteiger partial charge is 0.340 e. The van der Waals surface area contributed by atoms with Crippen LogP contribution in [0, 0.1) is 0 Å². The Hall–Kier alpha value is -3.47. The van der Waals surface area contributed by atoms with Crippen LogP contribution in [-0.2, 0) is 10.3 Å². The van der Waals surface area contributed by atoms with Gasteiger partial charge in [0.2, 0.25) is 0 Å². The molecule has 3 aromatic carbocycles. The van der Waals surface area contributed by atoms with Crippen LogP contribution in [0.5, 0.6) is 23.0 Å². The first-order valence-corrected chi connectivity index (χ1v) is 19.7. The number of hydrogen-bond donors (Lipinski definition) is 0. The molecule has 5 heteroatoms. The van der Waals surface area contributed by atoms with Crippen LogP contribution in [0.25, 0.3) is 0 Å². The molecule has 0 aromatic heterocycles. The molecule has 2 aliphatic heterocycles. The van der Waals surface area contributed by atoms with E-state index >= 15 is 0 Å². The van der Waals surface area contributed by atoms with Crippen molar-refractivity contribution in [1.82, 2.24) is 0 Å². The lowest BCUT2D eigenvalue weighted by Gasteiger charge is -2.36. The minimum absolute atomic E-state index is 0.322. The molecule has 0 fully saturated rings. The van der Waals surface area contributed by atoms with Crippen molar-refractivity contribution in [2.45, 2.75) is 148 Å². The Labute approximate surface area is 296 Å². The molecule has 0 saturated carbocycles. The SMILES string of the molecule is CCCCCCCCCCCCOc1ccc2c(c1)Oc1cc(OCCCCCCCCCCCC)ccc1C21OC(=O)c2ccccc21. The second kappa shape index (κ2) is 19.6.